The lowest BCUT2D eigenvalue weighted by molar-refractivity contribution is -0.385. The van der Waals surface area contributed by atoms with Gasteiger partial charge in [-0.15, -0.1) is 0 Å². The van der Waals surface area contributed by atoms with Gasteiger partial charge in [0.25, 0.3) is 5.91 Å². The maximum absolute atomic E-state index is 12.0. The fourth-order valence-corrected chi connectivity index (χ4v) is 2.09. The van der Waals surface area contributed by atoms with E-state index in [-0.39, 0.29) is 17.9 Å². The molecular weight excluding hydrogens is 334 g/mol. The molecule has 1 aliphatic rings. The molecule has 1 aliphatic heterocycles. The summed E-state index contributed by atoms with van der Waals surface area (Å²) in [5, 5.41) is 33.5. The molecule has 0 aromatic heterocycles. The molecule has 0 atom stereocenters. The number of amides is 1. The number of ether oxygens (including phenoxy) is 2. The highest BCUT2D eigenvalue weighted by Gasteiger charge is 2.17. The Kier molecular flexibility index (Phi) is 4.08. The van der Waals surface area contributed by atoms with Crippen LogP contribution in [0.1, 0.15) is 15.9 Å². The quantitative estimate of drug-likeness (QED) is 0.433. The van der Waals surface area contributed by atoms with E-state index in [1.807, 2.05) is 0 Å². The third kappa shape index (κ3) is 3.27. The number of nitrogens with zero attached hydrogens (tertiary/aromatic N) is 2. The van der Waals surface area contributed by atoms with E-state index in [0.29, 0.717) is 11.5 Å². The van der Waals surface area contributed by atoms with Crippen molar-refractivity contribution in [3.05, 3.63) is 51.6 Å². The van der Waals surface area contributed by atoms with E-state index in [4.69, 9.17) is 9.47 Å². The number of carbonyl (C=O) groups excluding carboxylic acids is 1. The van der Waals surface area contributed by atoms with Gasteiger partial charge in [-0.05, 0) is 18.2 Å². The monoisotopic (exact) mass is 345 g/mol. The Balaban J connectivity index is 1.74. The number of hydrazone groups is 1. The molecular formula is C15H11N3O7. The predicted octanol–water partition coefficient (Wildman–Crippen LogP) is 1.50. The zero-order valence-electron chi connectivity index (χ0n) is 12.5. The van der Waals surface area contributed by atoms with E-state index in [9.17, 15) is 25.1 Å². The molecule has 3 rings (SSSR count). The summed E-state index contributed by atoms with van der Waals surface area (Å²) in [6.07, 6.45) is 1.02. The van der Waals surface area contributed by atoms with Crippen molar-refractivity contribution in [1.29, 1.82) is 0 Å². The number of nitro benzene ring substituents is 1. The molecule has 3 N–H and O–H groups in total. The van der Waals surface area contributed by atoms with Crippen LogP contribution in [0.2, 0.25) is 0 Å². The highest BCUT2D eigenvalue weighted by atomic mass is 16.7. The lowest BCUT2D eigenvalue weighted by Gasteiger charge is -2.03. The maximum atomic E-state index is 12.0. The molecule has 0 unspecified atom stereocenters. The topological polar surface area (TPSA) is 144 Å². The number of nitrogens with one attached hydrogen (secondary N) is 1. The molecule has 2 aromatic carbocycles. The number of rotatable bonds is 4. The third-order valence-corrected chi connectivity index (χ3v) is 3.33. The van der Waals surface area contributed by atoms with Gasteiger partial charge in [0.05, 0.1) is 11.1 Å². The fourth-order valence-electron chi connectivity index (χ4n) is 2.09. The van der Waals surface area contributed by atoms with Crippen molar-refractivity contribution in [2.24, 2.45) is 5.10 Å². The van der Waals surface area contributed by atoms with Crippen molar-refractivity contribution in [1.82, 2.24) is 5.43 Å². The fraction of sp³-hybridized carbons (Fsp3) is 0.0667. The Hall–Kier alpha value is -3.82. The van der Waals surface area contributed by atoms with Crippen molar-refractivity contribution >= 4 is 17.8 Å². The molecule has 0 radical (unpaired) electrons. The van der Waals surface area contributed by atoms with Crippen LogP contribution in [0.5, 0.6) is 23.0 Å². The van der Waals surface area contributed by atoms with Gasteiger partial charge in [0, 0.05) is 23.3 Å². The molecule has 10 nitrogen and oxygen atoms in total. The average Bonchev–Trinajstić information content (AvgIpc) is 3.03. The minimum Gasteiger partial charge on any atom is -0.507 e. The second kappa shape index (κ2) is 6.35. The first-order valence-corrected chi connectivity index (χ1v) is 6.89. The molecule has 0 fully saturated rings. The molecule has 10 heteroatoms. The summed E-state index contributed by atoms with van der Waals surface area (Å²) in [5.41, 5.74) is 1.84. The first-order chi connectivity index (χ1) is 12.0. The summed E-state index contributed by atoms with van der Waals surface area (Å²) in [7, 11) is 0. The first kappa shape index (κ1) is 16.1. The summed E-state index contributed by atoms with van der Waals surface area (Å²) in [5.74, 6) is -0.694. The molecule has 2 aromatic rings. The number of phenolic OH excluding ortho intramolecular Hbond substituents is 2. The molecule has 0 aliphatic carbocycles. The number of carbonyl (C=O) groups is 1. The average molecular weight is 345 g/mol. The number of nitro groups is 1. The standard InChI is InChI=1S/C15H11N3O7/c19-11-5-12(20)10(18(22)23)3-9(11)6-16-17-15(21)8-1-2-13-14(4-8)25-7-24-13/h1-6,19-20H,7H2,(H,17,21)/b16-6+. The normalized spacial score (nSPS) is 12.3. The highest BCUT2D eigenvalue weighted by Crippen LogP contribution is 2.33. The summed E-state index contributed by atoms with van der Waals surface area (Å²) in [6.45, 7) is 0.0808. The van der Waals surface area contributed by atoms with E-state index in [1.54, 1.807) is 6.07 Å². The second-order valence-corrected chi connectivity index (χ2v) is 4.92. The smallest absolute Gasteiger partial charge is 0.311 e. The van der Waals surface area contributed by atoms with Crippen LogP contribution in [0, 0.1) is 10.1 Å². The molecule has 0 saturated carbocycles. The van der Waals surface area contributed by atoms with Crippen molar-refractivity contribution in [3.63, 3.8) is 0 Å². The number of phenols is 2. The number of aromatic hydroxyl groups is 2. The molecule has 0 spiro atoms. The van der Waals surface area contributed by atoms with Crippen molar-refractivity contribution in [3.8, 4) is 23.0 Å². The first-order valence-electron chi connectivity index (χ1n) is 6.89. The Morgan fingerprint density at radius 3 is 2.72 bits per heavy atom. The number of hydrogen-bond acceptors (Lipinski definition) is 8. The van der Waals surface area contributed by atoms with Crippen LogP contribution in [-0.2, 0) is 0 Å². The van der Waals surface area contributed by atoms with Crippen LogP contribution in [-0.4, -0.2) is 34.1 Å². The minimum absolute atomic E-state index is 0.0458. The van der Waals surface area contributed by atoms with Gasteiger partial charge in [-0.3, -0.25) is 14.9 Å². The Morgan fingerprint density at radius 2 is 1.96 bits per heavy atom. The summed E-state index contributed by atoms with van der Waals surface area (Å²) in [4.78, 5) is 22.0. The molecule has 1 amide bonds. The maximum Gasteiger partial charge on any atom is 0.311 e. The van der Waals surface area contributed by atoms with Gasteiger partial charge in [-0.25, -0.2) is 5.43 Å². The molecule has 1 heterocycles. The number of benzene rings is 2. The highest BCUT2D eigenvalue weighted by molar-refractivity contribution is 5.96. The van der Waals surface area contributed by atoms with Gasteiger partial charge in [0.15, 0.2) is 17.2 Å². The minimum atomic E-state index is -0.808. The summed E-state index contributed by atoms with van der Waals surface area (Å²) in [6, 6.07) is 6.33. The Labute approximate surface area is 140 Å². The Bertz CT molecular complexity index is 895. The number of hydrogen-bond donors (Lipinski definition) is 3. The van der Waals surface area contributed by atoms with Crippen LogP contribution in [0.4, 0.5) is 5.69 Å². The van der Waals surface area contributed by atoms with Gasteiger partial charge >= 0.3 is 5.69 Å². The lowest BCUT2D eigenvalue weighted by Crippen LogP contribution is -2.17. The van der Waals surface area contributed by atoms with Crippen molar-refractivity contribution < 1.29 is 29.4 Å². The molecule has 25 heavy (non-hydrogen) atoms. The zero-order chi connectivity index (χ0) is 18.0. The van der Waals surface area contributed by atoms with E-state index in [2.05, 4.69) is 10.5 Å². The largest absolute Gasteiger partial charge is 0.507 e. The van der Waals surface area contributed by atoms with Crippen LogP contribution < -0.4 is 14.9 Å². The molecule has 128 valence electrons. The Morgan fingerprint density at radius 1 is 1.20 bits per heavy atom. The van der Waals surface area contributed by atoms with Gasteiger partial charge < -0.3 is 19.7 Å². The summed E-state index contributed by atoms with van der Waals surface area (Å²) < 4.78 is 10.3. The van der Waals surface area contributed by atoms with Crippen LogP contribution >= 0.6 is 0 Å². The predicted molar refractivity (Wildman–Crippen MR) is 84.1 cm³/mol. The van der Waals surface area contributed by atoms with Gasteiger partial charge in [0.1, 0.15) is 5.75 Å². The van der Waals surface area contributed by atoms with Crippen LogP contribution in [0.15, 0.2) is 35.4 Å². The van der Waals surface area contributed by atoms with E-state index in [1.165, 1.54) is 12.1 Å². The van der Waals surface area contributed by atoms with Gasteiger partial charge in [-0.2, -0.15) is 5.10 Å². The van der Waals surface area contributed by atoms with Crippen LogP contribution in [0.25, 0.3) is 0 Å². The SMILES string of the molecule is O=C(N/N=C/c1cc([N+](=O)[O-])c(O)cc1O)c1ccc2c(c1)OCO2. The number of fused-ring (bicyclic) bond motifs is 1. The van der Waals surface area contributed by atoms with Crippen molar-refractivity contribution in [2.75, 3.05) is 6.79 Å². The molecule has 0 saturated heterocycles. The second-order valence-electron chi connectivity index (χ2n) is 4.92. The third-order valence-electron chi connectivity index (χ3n) is 3.33. The van der Waals surface area contributed by atoms with Gasteiger partial charge in [0.2, 0.25) is 6.79 Å². The van der Waals surface area contributed by atoms with E-state index >= 15 is 0 Å². The van der Waals surface area contributed by atoms with E-state index < -0.39 is 28.0 Å². The lowest BCUT2D eigenvalue weighted by atomic mass is 10.2. The van der Waals surface area contributed by atoms with Crippen molar-refractivity contribution in [2.45, 2.75) is 0 Å². The van der Waals surface area contributed by atoms with E-state index in [0.717, 1.165) is 18.3 Å². The van der Waals surface area contributed by atoms with Crippen LogP contribution in [0.3, 0.4) is 0 Å². The van der Waals surface area contributed by atoms with Gasteiger partial charge in [-0.1, -0.05) is 0 Å². The zero-order valence-corrected chi connectivity index (χ0v) is 12.5. The molecule has 0 bridgehead atoms. The summed E-state index contributed by atoms with van der Waals surface area (Å²) >= 11 is 0.